The van der Waals surface area contributed by atoms with Gasteiger partial charge in [-0.15, -0.1) is 0 Å². The van der Waals surface area contributed by atoms with Crippen LogP contribution >= 0.6 is 19.2 Å². The fourth-order valence-corrected chi connectivity index (χ4v) is 2.45. The predicted molar refractivity (Wildman–Crippen MR) is 70.2 cm³/mol. The number of benzene rings is 1. The van der Waals surface area contributed by atoms with Crippen LogP contribution in [-0.2, 0) is 11.1 Å². The molecule has 18 heavy (non-hydrogen) atoms. The molecule has 0 spiro atoms. The van der Waals surface area contributed by atoms with Crippen LogP contribution in [0.3, 0.4) is 0 Å². The summed E-state index contributed by atoms with van der Waals surface area (Å²) in [6.07, 6.45) is -0.0834. The monoisotopic (exact) mass is 293 g/mol. The van der Waals surface area contributed by atoms with Gasteiger partial charge in [-0.1, -0.05) is 41.9 Å². The van der Waals surface area contributed by atoms with Gasteiger partial charge >= 0.3 is 7.60 Å². The van der Waals surface area contributed by atoms with Gasteiger partial charge in [-0.2, -0.15) is 0 Å². The molecule has 0 radical (unpaired) electrons. The topological polar surface area (TPSA) is 81.0 Å². The van der Waals surface area contributed by atoms with Crippen molar-refractivity contribution in [3.8, 4) is 0 Å². The van der Waals surface area contributed by atoms with Crippen molar-refractivity contribution in [1.29, 1.82) is 0 Å². The number of alkyl halides is 1. The molecule has 0 aliphatic heterocycles. The Labute approximate surface area is 111 Å². The Morgan fingerprint density at radius 2 is 1.89 bits per heavy atom. The van der Waals surface area contributed by atoms with E-state index in [1.807, 2.05) is 30.3 Å². The lowest BCUT2D eigenvalue weighted by Crippen LogP contribution is -2.27. The number of hydrogen-bond donors (Lipinski definition) is 3. The highest BCUT2D eigenvalue weighted by Gasteiger charge is 2.19. The second kappa shape index (κ2) is 7.24. The Bertz CT molecular complexity index is 395. The standard InChI is InChI=1S/C11H17ClNO4P/c12-11(14)6-7-13(9-18(15,16)17)8-10-4-2-1-3-5-10/h1-5,11,14H,6-9H2,(H2,15,16,17). The molecular weight excluding hydrogens is 277 g/mol. The molecule has 0 bridgehead atoms. The fourth-order valence-electron chi connectivity index (χ4n) is 1.59. The lowest BCUT2D eigenvalue weighted by molar-refractivity contribution is 0.201. The molecule has 3 N–H and O–H groups in total. The summed E-state index contributed by atoms with van der Waals surface area (Å²) in [5.41, 5.74) is -0.0462. The van der Waals surface area contributed by atoms with E-state index in [0.717, 1.165) is 5.56 Å². The van der Waals surface area contributed by atoms with Crippen molar-refractivity contribution in [2.75, 3.05) is 12.8 Å². The zero-order valence-electron chi connectivity index (χ0n) is 9.81. The molecule has 0 saturated heterocycles. The quantitative estimate of drug-likeness (QED) is 0.525. The van der Waals surface area contributed by atoms with Crippen LogP contribution in [0.25, 0.3) is 0 Å². The van der Waals surface area contributed by atoms with E-state index in [4.69, 9.17) is 26.5 Å². The van der Waals surface area contributed by atoms with E-state index in [-0.39, 0.29) is 12.7 Å². The maximum atomic E-state index is 11.0. The minimum Gasteiger partial charge on any atom is -0.378 e. The van der Waals surface area contributed by atoms with E-state index in [1.165, 1.54) is 0 Å². The van der Waals surface area contributed by atoms with Crippen LogP contribution in [0.5, 0.6) is 0 Å². The zero-order valence-corrected chi connectivity index (χ0v) is 11.5. The smallest absolute Gasteiger partial charge is 0.339 e. The Balaban J connectivity index is 2.62. The maximum Gasteiger partial charge on any atom is 0.339 e. The van der Waals surface area contributed by atoms with E-state index in [0.29, 0.717) is 13.1 Å². The highest BCUT2D eigenvalue weighted by molar-refractivity contribution is 7.51. The molecule has 0 aromatic heterocycles. The highest BCUT2D eigenvalue weighted by Crippen LogP contribution is 2.35. The van der Waals surface area contributed by atoms with Crippen LogP contribution in [-0.4, -0.2) is 38.2 Å². The first-order valence-electron chi connectivity index (χ1n) is 5.50. The first kappa shape index (κ1) is 15.6. The van der Waals surface area contributed by atoms with Crippen molar-refractivity contribution in [2.24, 2.45) is 0 Å². The summed E-state index contributed by atoms with van der Waals surface area (Å²) in [6.45, 7) is 0.736. The molecule has 0 amide bonds. The number of hydrogen-bond acceptors (Lipinski definition) is 3. The maximum absolute atomic E-state index is 11.0. The third-order valence-corrected chi connectivity index (χ3v) is 3.30. The Kier molecular flexibility index (Phi) is 6.29. The summed E-state index contributed by atoms with van der Waals surface area (Å²) in [5.74, 6) is 0. The Morgan fingerprint density at radius 3 is 2.39 bits per heavy atom. The van der Waals surface area contributed by atoms with E-state index in [1.54, 1.807) is 4.90 Å². The lowest BCUT2D eigenvalue weighted by Gasteiger charge is -2.23. The molecular formula is C11H17ClNO4P. The predicted octanol–water partition coefficient (Wildman–Crippen LogP) is 1.57. The van der Waals surface area contributed by atoms with Crippen LogP contribution in [0.15, 0.2) is 30.3 Å². The number of aliphatic hydroxyl groups is 1. The molecule has 1 atom stereocenters. The summed E-state index contributed by atoms with van der Waals surface area (Å²) >= 11 is 5.43. The molecule has 7 heteroatoms. The van der Waals surface area contributed by atoms with Crippen molar-refractivity contribution in [3.05, 3.63) is 35.9 Å². The average molecular weight is 294 g/mol. The fraction of sp³-hybridized carbons (Fsp3) is 0.455. The Hall–Kier alpha value is -0.420. The first-order chi connectivity index (χ1) is 8.37. The number of nitrogens with zero attached hydrogens (tertiary/aromatic N) is 1. The van der Waals surface area contributed by atoms with E-state index in [9.17, 15) is 4.57 Å². The largest absolute Gasteiger partial charge is 0.378 e. The van der Waals surface area contributed by atoms with E-state index in [2.05, 4.69) is 0 Å². The van der Waals surface area contributed by atoms with Gasteiger partial charge < -0.3 is 14.9 Å². The third-order valence-electron chi connectivity index (χ3n) is 2.32. The van der Waals surface area contributed by atoms with Gasteiger partial charge in [0.05, 0.1) is 0 Å². The van der Waals surface area contributed by atoms with E-state index < -0.39 is 13.2 Å². The Morgan fingerprint density at radius 1 is 1.28 bits per heavy atom. The molecule has 102 valence electrons. The summed E-state index contributed by atoms with van der Waals surface area (Å²) in [4.78, 5) is 19.6. The van der Waals surface area contributed by atoms with Crippen molar-refractivity contribution < 1.29 is 19.5 Å². The minimum absolute atomic E-state index is 0.258. The molecule has 0 fully saturated rings. The van der Waals surface area contributed by atoms with Crippen molar-refractivity contribution in [2.45, 2.75) is 18.5 Å². The van der Waals surface area contributed by atoms with Gasteiger partial charge in [0.2, 0.25) is 0 Å². The van der Waals surface area contributed by atoms with Gasteiger partial charge in [0.1, 0.15) is 11.8 Å². The van der Waals surface area contributed by atoms with Crippen LogP contribution in [0, 0.1) is 0 Å². The van der Waals surface area contributed by atoms with Gasteiger partial charge in [-0.25, -0.2) is 0 Å². The second-order valence-electron chi connectivity index (χ2n) is 4.07. The van der Waals surface area contributed by atoms with Gasteiger partial charge in [0.25, 0.3) is 0 Å². The number of halogens is 1. The van der Waals surface area contributed by atoms with Gasteiger partial charge in [0, 0.05) is 19.5 Å². The minimum atomic E-state index is -4.12. The van der Waals surface area contributed by atoms with Crippen molar-refractivity contribution in [1.82, 2.24) is 4.90 Å². The van der Waals surface area contributed by atoms with Gasteiger partial charge in [-0.3, -0.25) is 9.46 Å². The summed E-state index contributed by atoms with van der Waals surface area (Å²) < 4.78 is 11.0. The molecule has 1 unspecified atom stereocenters. The average Bonchev–Trinajstić information content (AvgIpc) is 2.25. The molecule has 0 heterocycles. The molecule has 0 aliphatic rings. The highest BCUT2D eigenvalue weighted by atomic mass is 35.5. The summed E-state index contributed by atoms with van der Waals surface area (Å²) in [5, 5.41) is 9.01. The summed E-state index contributed by atoms with van der Waals surface area (Å²) in [7, 11) is -4.12. The third kappa shape index (κ3) is 7.11. The second-order valence-corrected chi connectivity index (χ2v) is 6.18. The lowest BCUT2D eigenvalue weighted by atomic mass is 10.2. The van der Waals surface area contributed by atoms with Crippen molar-refractivity contribution in [3.63, 3.8) is 0 Å². The molecule has 1 aromatic rings. The zero-order chi connectivity index (χ0) is 13.6. The SMILES string of the molecule is O=P(O)(O)CN(CCC(O)Cl)Cc1ccccc1. The number of aliphatic hydroxyl groups excluding tert-OH is 1. The molecule has 0 aliphatic carbocycles. The van der Waals surface area contributed by atoms with Gasteiger partial charge in [-0.05, 0) is 5.56 Å². The van der Waals surface area contributed by atoms with Crippen LogP contribution < -0.4 is 0 Å². The summed E-state index contributed by atoms with van der Waals surface area (Å²) in [6, 6.07) is 9.36. The molecule has 1 rings (SSSR count). The van der Waals surface area contributed by atoms with Crippen LogP contribution in [0.4, 0.5) is 0 Å². The molecule has 0 saturated carbocycles. The number of rotatable bonds is 7. The first-order valence-corrected chi connectivity index (χ1v) is 7.73. The van der Waals surface area contributed by atoms with Crippen LogP contribution in [0.1, 0.15) is 12.0 Å². The van der Waals surface area contributed by atoms with Crippen molar-refractivity contribution >= 4 is 19.2 Å². The van der Waals surface area contributed by atoms with E-state index >= 15 is 0 Å². The molecule has 5 nitrogen and oxygen atoms in total. The molecule has 1 aromatic carbocycles. The normalized spacial score (nSPS) is 13.8. The van der Waals surface area contributed by atoms with Gasteiger partial charge in [0.15, 0.2) is 0 Å². The van der Waals surface area contributed by atoms with Crippen LogP contribution in [0.2, 0.25) is 0 Å².